The van der Waals surface area contributed by atoms with E-state index in [0.717, 1.165) is 0 Å². The molecule has 10 heteroatoms. The maximum absolute atomic E-state index is 12.0. The second-order valence-corrected chi connectivity index (χ2v) is 18.8. The Bertz CT molecular complexity index is 510. The van der Waals surface area contributed by atoms with E-state index in [-0.39, 0.29) is 17.9 Å². The zero-order chi connectivity index (χ0) is 21.5. The van der Waals surface area contributed by atoms with Gasteiger partial charge in [0.15, 0.2) is 22.2 Å². The molecule has 0 bridgehead atoms. The predicted octanol–water partition coefficient (Wildman–Crippen LogP) is 2.24. The van der Waals surface area contributed by atoms with Crippen LogP contribution >= 0.6 is 0 Å². The summed E-state index contributed by atoms with van der Waals surface area (Å²) in [6.45, 7) is 16.5. The maximum atomic E-state index is 12.0. The van der Waals surface area contributed by atoms with Crippen LogP contribution in [0.3, 0.4) is 0 Å². The average Bonchev–Trinajstić information content (AvgIpc) is 2.47. The highest BCUT2D eigenvalue weighted by atomic mass is 28.4. The van der Waals surface area contributed by atoms with E-state index in [9.17, 15) is 19.8 Å². The summed E-state index contributed by atoms with van der Waals surface area (Å²) in [4.78, 5) is 23.4. The second kappa shape index (κ2) is 10.8. The molecule has 2 radical (unpaired) electrons. The lowest BCUT2D eigenvalue weighted by Crippen LogP contribution is -2.45. The molecule has 0 rings (SSSR count). The minimum Gasteiger partial charge on any atom is -0.397 e. The summed E-state index contributed by atoms with van der Waals surface area (Å²) in [5, 5.41) is 19.7. The van der Waals surface area contributed by atoms with Crippen molar-refractivity contribution in [1.29, 1.82) is 0 Å². The smallest absolute Gasteiger partial charge is 0.348 e. The maximum Gasteiger partial charge on any atom is 0.348 e. The Hall–Kier alpha value is -0.629. The third-order valence-electron chi connectivity index (χ3n) is 3.17. The van der Waals surface area contributed by atoms with Crippen molar-refractivity contribution in [3.63, 3.8) is 0 Å². The van der Waals surface area contributed by atoms with Crippen molar-refractivity contribution >= 4 is 38.1 Å². The van der Waals surface area contributed by atoms with Crippen LogP contribution in [0, 0.1) is 0 Å². The summed E-state index contributed by atoms with van der Waals surface area (Å²) in [6, 6.07) is 0.656. The molecule has 0 aromatic rings. The Morgan fingerprint density at radius 1 is 1.11 bits per heavy atom. The second-order valence-electron chi connectivity index (χ2n) is 8.50. The van der Waals surface area contributed by atoms with Crippen LogP contribution in [0.25, 0.3) is 0 Å². The van der Waals surface area contributed by atoms with Crippen LogP contribution in [-0.2, 0) is 23.2 Å². The number of aliphatic hydroxyl groups excluding tert-OH is 1. The highest BCUT2D eigenvalue weighted by Gasteiger charge is 2.38. The monoisotopic (exact) mass is 434 g/mol. The molecule has 0 aliphatic carbocycles. The number of carbonyl (C=O) groups is 2. The Balaban J connectivity index is 4.71. The largest absolute Gasteiger partial charge is 0.397 e. The van der Waals surface area contributed by atoms with Crippen molar-refractivity contribution in [2.24, 2.45) is 0 Å². The zero-order valence-corrected chi connectivity index (χ0v) is 20.5. The Morgan fingerprint density at radius 3 is 1.96 bits per heavy atom. The first-order chi connectivity index (χ1) is 12.1. The van der Waals surface area contributed by atoms with Gasteiger partial charge < -0.3 is 23.8 Å². The van der Waals surface area contributed by atoms with E-state index in [1.807, 2.05) is 0 Å². The van der Waals surface area contributed by atoms with Gasteiger partial charge in [-0.3, -0.25) is 0 Å². The summed E-state index contributed by atoms with van der Waals surface area (Å²) in [5.74, 6) is -2.36. The van der Waals surface area contributed by atoms with E-state index < -0.39 is 40.8 Å². The van der Waals surface area contributed by atoms with Gasteiger partial charge in [-0.25, -0.2) is 9.59 Å². The molecule has 0 aliphatic rings. The fourth-order valence-corrected chi connectivity index (χ4v) is 6.74. The van der Waals surface area contributed by atoms with Crippen LogP contribution in [0.4, 0.5) is 0 Å². The summed E-state index contributed by atoms with van der Waals surface area (Å²) < 4.78 is 16.8. The minimum absolute atomic E-state index is 0.0224. The molecule has 0 aromatic carbocycles. The van der Waals surface area contributed by atoms with Crippen LogP contribution in [0.15, 0.2) is 12.2 Å². The van der Waals surface area contributed by atoms with E-state index in [1.54, 1.807) is 0 Å². The van der Waals surface area contributed by atoms with Crippen LogP contribution in [0.1, 0.15) is 19.8 Å². The molecule has 0 saturated carbocycles. The molecule has 156 valence electrons. The molecule has 0 fully saturated rings. The van der Waals surface area contributed by atoms with Crippen LogP contribution in [-0.4, -0.2) is 66.4 Å². The van der Waals surface area contributed by atoms with Gasteiger partial charge in [0.05, 0.1) is 6.61 Å². The fourth-order valence-electron chi connectivity index (χ4n) is 1.86. The van der Waals surface area contributed by atoms with Crippen LogP contribution in [0.2, 0.25) is 45.3 Å². The third-order valence-corrected chi connectivity index (χ3v) is 6.70. The molecule has 0 saturated heterocycles. The number of carbonyl (C=O) groups excluding carboxylic acids is 2. The van der Waals surface area contributed by atoms with Crippen molar-refractivity contribution in [3.8, 4) is 0 Å². The lowest BCUT2D eigenvalue weighted by Gasteiger charge is -2.31. The quantitative estimate of drug-likeness (QED) is 0.121. The first-order valence-corrected chi connectivity index (χ1v) is 17.0. The van der Waals surface area contributed by atoms with Crippen molar-refractivity contribution in [2.75, 3.05) is 6.61 Å². The van der Waals surface area contributed by atoms with Gasteiger partial charge in [-0.05, 0) is 52.6 Å². The Kier molecular flexibility index (Phi) is 10.5. The lowest BCUT2D eigenvalue weighted by molar-refractivity contribution is -0.176. The molecular weight excluding hydrogens is 400 g/mol. The van der Waals surface area contributed by atoms with E-state index >= 15 is 0 Å². The number of hydrogen-bond acceptors (Lipinski definition) is 7. The molecule has 0 aliphatic heterocycles. The number of esters is 2. The highest BCUT2D eigenvalue weighted by Crippen LogP contribution is 2.19. The summed E-state index contributed by atoms with van der Waals surface area (Å²) in [7, 11) is -3.21. The zero-order valence-electron chi connectivity index (χ0n) is 17.5. The Labute approximate surface area is 167 Å². The first kappa shape index (κ1) is 26.4. The van der Waals surface area contributed by atoms with Crippen molar-refractivity contribution in [1.82, 2.24) is 0 Å². The van der Waals surface area contributed by atoms with Gasteiger partial charge in [-0.15, -0.1) is 0 Å². The summed E-state index contributed by atoms with van der Waals surface area (Å²) in [5.41, 5.74) is -2.07. The van der Waals surface area contributed by atoms with E-state index in [2.05, 4.69) is 50.6 Å². The minimum atomic E-state index is -2.11. The molecular formula is C17H34O7Si3. The Morgan fingerprint density at radius 2 is 1.59 bits per heavy atom. The van der Waals surface area contributed by atoms with Gasteiger partial charge in [0.2, 0.25) is 0 Å². The SMILES string of the molecule is C=C(C)C(=O)OC(=O)C(O)(CO)CCC[Si]C(O[Si](C)(C)C)O[Si](C)(C)C. The predicted molar refractivity (Wildman–Crippen MR) is 110 cm³/mol. The van der Waals surface area contributed by atoms with Gasteiger partial charge in [-0.1, -0.05) is 19.0 Å². The number of aliphatic hydroxyl groups is 2. The summed E-state index contributed by atoms with van der Waals surface area (Å²) >= 11 is 0. The fraction of sp³-hybridized carbons (Fsp3) is 0.765. The molecule has 0 amide bonds. The molecule has 0 heterocycles. The van der Waals surface area contributed by atoms with Crippen molar-refractivity contribution < 1.29 is 33.4 Å². The first-order valence-electron chi connectivity index (χ1n) is 8.94. The molecule has 27 heavy (non-hydrogen) atoms. The number of rotatable bonds is 12. The van der Waals surface area contributed by atoms with Crippen LogP contribution in [0.5, 0.6) is 0 Å². The van der Waals surface area contributed by atoms with Gasteiger partial charge in [0, 0.05) is 5.57 Å². The van der Waals surface area contributed by atoms with Crippen molar-refractivity contribution in [3.05, 3.63) is 12.2 Å². The molecule has 7 nitrogen and oxygen atoms in total. The van der Waals surface area contributed by atoms with Crippen molar-refractivity contribution in [2.45, 2.75) is 76.6 Å². The molecule has 0 aromatic heterocycles. The third kappa shape index (κ3) is 11.7. The molecule has 2 N–H and O–H groups in total. The van der Waals surface area contributed by atoms with Crippen LogP contribution < -0.4 is 0 Å². The standard InChI is InChI=1S/C17H34O7Si3/c1-13(2)14(19)22-15(20)17(21,12-18)10-9-11-25-16(23-26(3,4)5)24-27(6,7)8/h16,18,21H,1,9-12H2,2-8H3. The normalized spacial score (nSPS) is 14.7. The van der Waals surface area contributed by atoms with Gasteiger partial charge in [-0.2, -0.15) is 0 Å². The highest BCUT2D eigenvalue weighted by molar-refractivity contribution is 6.71. The van der Waals surface area contributed by atoms with Gasteiger partial charge in [0.1, 0.15) is 15.4 Å². The molecule has 1 unspecified atom stereocenters. The number of ether oxygens (including phenoxy) is 1. The molecule has 1 atom stereocenters. The average molecular weight is 435 g/mol. The topological polar surface area (TPSA) is 102 Å². The van der Waals surface area contributed by atoms with E-state index in [4.69, 9.17) is 8.85 Å². The summed E-state index contributed by atoms with van der Waals surface area (Å²) in [6.07, 6.45) is 0.428. The molecule has 0 spiro atoms. The van der Waals surface area contributed by atoms with Gasteiger partial charge in [0.25, 0.3) is 0 Å². The van der Waals surface area contributed by atoms with E-state index in [1.165, 1.54) is 6.92 Å². The lowest BCUT2D eigenvalue weighted by atomic mass is 9.99. The number of hydrogen-bond donors (Lipinski definition) is 2. The van der Waals surface area contributed by atoms with E-state index in [0.29, 0.717) is 22.0 Å². The van der Waals surface area contributed by atoms with Gasteiger partial charge >= 0.3 is 11.9 Å².